The summed E-state index contributed by atoms with van der Waals surface area (Å²) in [6, 6.07) is 6.64. The zero-order valence-corrected chi connectivity index (χ0v) is 15.6. The fourth-order valence-electron chi connectivity index (χ4n) is 3.20. The van der Waals surface area contributed by atoms with Crippen molar-refractivity contribution in [1.82, 2.24) is 15.0 Å². The highest BCUT2D eigenvalue weighted by Gasteiger charge is 2.26. The summed E-state index contributed by atoms with van der Waals surface area (Å²) in [4.78, 5) is 17.0. The van der Waals surface area contributed by atoms with Crippen molar-refractivity contribution in [2.75, 3.05) is 24.3 Å². The molecule has 1 aromatic carbocycles. The van der Waals surface area contributed by atoms with Crippen molar-refractivity contribution in [2.45, 2.75) is 25.3 Å². The van der Waals surface area contributed by atoms with Gasteiger partial charge in [0.05, 0.1) is 11.7 Å². The fraction of sp³-hybridized carbons (Fsp3) is 0.316. The van der Waals surface area contributed by atoms with Gasteiger partial charge in [-0.25, -0.2) is 19.3 Å². The predicted octanol–water partition coefficient (Wildman–Crippen LogP) is 4.29. The Morgan fingerprint density at radius 1 is 1.15 bits per heavy atom. The molecule has 0 fully saturated rings. The highest BCUT2D eigenvalue weighted by atomic mass is 32.1. The third kappa shape index (κ3) is 3.26. The average Bonchev–Trinajstić information content (AvgIpc) is 3.08. The topological polar surface area (TPSA) is 53.9 Å². The van der Waals surface area contributed by atoms with Crippen molar-refractivity contribution in [3.05, 3.63) is 53.0 Å². The van der Waals surface area contributed by atoms with Crippen LogP contribution in [0, 0.1) is 5.82 Å². The van der Waals surface area contributed by atoms with Crippen molar-refractivity contribution < 1.29 is 4.39 Å². The monoisotopic (exact) mass is 369 g/mol. The molecule has 0 saturated heterocycles. The molecule has 1 unspecified atom stereocenters. The molecule has 1 aliphatic rings. The van der Waals surface area contributed by atoms with E-state index in [0.29, 0.717) is 0 Å². The Morgan fingerprint density at radius 3 is 2.69 bits per heavy atom. The number of thiazole rings is 1. The number of nitrogens with zero attached hydrogens (tertiary/aromatic N) is 4. The molecule has 1 N–H and O–H groups in total. The van der Waals surface area contributed by atoms with Crippen LogP contribution in [-0.4, -0.2) is 29.0 Å². The maximum atomic E-state index is 13.2. The van der Waals surface area contributed by atoms with E-state index in [4.69, 9.17) is 4.98 Å². The summed E-state index contributed by atoms with van der Waals surface area (Å²) in [6.45, 7) is 0. The van der Waals surface area contributed by atoms with Gasteiger partial charge >= 0.3 is 0 Å². The van der Waals surface area contributed by atoms with Crippen LogP contribution in [0.4, 0.5) is 16.0 Å². The quantitative estimate of drug-likeness (QED) is 0.743. The molecule has 1 atom stereocenters. The van der Waals surface area contributed by atoms with Gasteiger partial charge in [-0.2, -0.15) is 0 Å². The molecule has 3 aromatic rings. The van der Waals surface area contributed by atoms with Crippen LogP contribution in [0.5, 0.6) is 0 Å². The lowest BCUT2D eigenvalue weighted by atomic mass is 9.97. The standard InChI is InChI=1S/C19H20FN5S/c1-25(2)18-17(21-10-11-22-18)23-14-4-3-5-15-16(14)24-19(26-15)12-6-8-13(20)9-7-12/h6-11,14H,3-5H2,1-2H3,(H,21,23). The smallest absolute Gasteiger partial charge is 0.171 e. The Hall–Kier alpha value is -2.54. The molecule has 0 spiro atoms. The number of hydrogen-bond donors (Lipinski definition) is 1. The first kappa shape index (κ1) is 16.9. The van der Waals surface area contributed by atoms with Gasteiger partial charge in [-0.3, -0.25) is 0 Å². The second kappa shape index (κ2) is 6.99. The van der Waals surface area contributed by atoms with Crippen LogP contribution in [0.3, 0.4) is 0 Å². The van der Waals surface area contributed by atoms with Crippen molar-refractivity contribution >= 4 is 23.0 Å². The molecule has 2 aromatic heterocycles. The normalized spacial score (nSPS) is 16.2. The largest absolute Gasteiger partial charge is 0.360 e. The van der Waals surface area contributed by atoms with Crippen LogP contribution in [0.25, 0.3) is 10.6 Å². The summed E-state index contributed by atoms with van der Waals surface area (Å²) >= 11 is 1.70. The number of anilines is 2. The van der Waals surface area contributed by atoms with E-state index in [0.717, 1.165) is 47.2 Å². The molecule has 7 heteroatoms. The van der Waals surface area contributed by atoms with Gasteiger partial charge in [-0.1, -0.05) is 0 Å². The summed E-state index contributed by atoms with van der Waals surface area (Å²) in [5.41, 5.74) is 2.04. The summed E-state index contributed by atoms with van der Waals surface area (Å²) in [6.07, 6.45) is 6.54. The molecule has 4 rings (SSSR count). The highest BCUT2D eigenvalue weighted by Crippen LogP contribution is 2.39. The zero-order chi connectivity index (χ0) is 18.1. The number of aryl methyl sites for hydroxylation is 1. The van der Waals surface area contributed by atoms with Crippen molar-refractivity contribution in [3.63, 3.8) is 0 Å². The molecule has 26 heavy (non-hydrogen) atoms. The summed E-state index contributed by atoms with van der Waals surface area (Å²) < 4.78 is 13.2. The second-order valence-electron chi connectivity index (χ2n) is 6.55. The molecule has 134 valence electrons. The van der Waals surface area contributed by atoms with Gasteiger partial charge in [0.1, 0.15) is 10.8 Å². The number of aromatic nitrogens is 3. The highest BCUT2D eigenvalue weighted by molar-refractivity contribution is 7.15. The Kier molecular flexibility index (Phi) is 4.55. The van der Waals surface area contributed by atoms with E-state index in [-0.39, 0.29) is 11.9 Å². The lowest BCUT2D eigenvalue weighted by molar-refractivity contribution is 0.592. The van der Waals surface area contributed by atoms with E-state index in [1.54, 1.807) is 35.9 Å². The fourth-order valence-corrected chi connectivity index (χ4v) is 4.37. The lowest BCUT2D eigenvalue weighted by Gasteiger charge is -2.24. The first-order chi connectivity index (χ1) is 12.6. The average molecular weight is 369 g/mol. The van der Waals surface area contributed by atoms with Crippen LogP contribution in [0.2, 0.25) is 0 Å². The first-order valence-corrected chi connectivity index (χ1v) is 9.44. The van der Waals surface area contributed by atoms with E-state index < -0.39 is 0 Å². The SMILES string of the molecule is CN(C)c1nccnc1NC1CCCc2sc(-c3ccc(F)cc3)nc21. The Bertz CT molecular complexity index is 907. The maximum Gasteiger partial charge on any atom is 0.171 e. The van der Waals surface area contributed by atoms with Gasteiger partial charge in [-0.15, -0.1) is 11.3 Å². The van der Waals surface area contributed by atoms with E-state index in [1.165, 1.54) is 17.0 Å². The molecular formula is C19H20FN5S. The number of benzene rings is 1. The van der Waals surface area contributed by atoms with Gasteiger partial charge in [0.2, 0.25) is 0 Å². The van der Waals surface area contributed by atoms with Gasteiger partial charge < -0.3 is 10.2 Å². The van der Waals surface area contributed by atoms with E-state index >= 15 is 0 Å². The van der Waals surface area contributed by atoms with Gasteiger partial charge in [0.15, 0.2) is 11.6 Å². The zero-order valence-electron chi connectivity index (χ0n) is 14.7. The minimum Gasteiger partial charge on any atom is -0.360 e. The van der Waals surface area contributed by atoms with Crippen molar-refractivity contribution in [1.29, 1.82) is 0 Å². The number of halogens is 1. The number of hydrogen-bond acceptors (Lipinski definition) is 6. The minimum absolute atomic E-state index is 0.111. The predicted molar refractivity (Wildman–Crippen MR) is 103 cm³/mol. The second-order valence-corrected chi connectivity index (χ2v) is 7.63. The molecule has 2 heterocycles. The maximum absolute atomic E-state index is 13.2. The van der Waals surface area contributed by atoms with E-state index in [9.17, 15) is 4.39 Å². The molecule has 5 nitrogen and oxygen atoms in total. The van der Waals surface area contributed by atoms with Gasteiger partial charge in [-0.05, 0) is 43.5 Å². The Morgan fingerprint density at radius 2 is 1.92 bits per heavy atom. The summed E-state index contributed by atoms with van der Waals surface area (Å²) in [7, 11) is 3.91. The minimum atomic E-state index is -0.228. The van der Waals surface area contributed by atoms with Crippen molar-refractivity contribution in [3.8, 4) is 10.6 Å². The first-order valence-electron chi connectivity index (χ1n) is 8.62. The van der Waals surface area contributed by atoms with Crippen LogP contribution in [0.1, 0.15) is 29.5 Å². The third-order valence-corrected chi connectivity index (χ3v) is 5.64. The molecular weight excluding hydrogens is 349 g/mol. The van der Waals surface area contributed by atoms with Crippen LogP contribution >= 0.6 is 11.3 Å². The van der Waals surface area contributed by atoms with E-state index in [1.807, 2.05) is 19.0 Å². The lowest BCUT2D eigenvalue weighted by Crippen LogP contribution is -2.20. The molecule has 0 bridgehead atoms. The molecule has 0 aliphatic heterocycles. The van der Waals surface area contributed by atoms with Crippen molar-refractivity contribution in [2.24, 2.45) is 0 Å². The van der Waals surface area contributed by atoms with Gasteiger partial charge in [0.25, 0.3) is 0 Å². The third-order valence-electron chi connectivity index (χ3n) is 4.46. The van der Waals surface area contributed by atoms with Crippen LogP contribution in [-0.2, 0) is 6.42 Å². The Labute approximate surface area is 156 Å². The summed E-state index contributed by atoms with van der Waals surface area (Å²) in [5, 5.41) is 4.47. The molecule has 1 aliphatic carbocycles. The van der Waals surface area contributed by atoms with Gasteiger partial charge in [0, 0.05) is 36.9 Å². The van der Waals surface area contributed by atoms with E-state index in [2.05, 4.69) is 15.3 Å². The van der Waals surface area contributed by atoms with Crippen LogP contribution in [0.15, 0.2) is 36.7 Å². The van der Waals surface area contributed by atoms with Crippen LogP contribution < -0.4 is 10.2 Å². The number of fused-ring (bicyclic) bond motifs is 1. The summed E-state index contributed by atoms with van der Waals surface area (Å²) in [5.74, 6) is 1.36. The molecule has 0 amide bonds. The Balaban J connectivity index is 1.65. The number of rotatable bonds is 4. The molecule has 0 radical (unpaired) electrons. The number of nitrogens with one attached hydrogen (secondary N) is 1. The molecule has 0 saturated carbocycles.